The number of esters is 1. The first-order chi connectivity index (χ1) is 22.9. The summed E-state index contributed by atoms with van der Waals surface area (Å²) in [5, 5.41) is 16.9. The van der Waals surface area contributed by atoms with E-state index in [1.165, 1.54) is 18.3 Å². The molecule has 5 heterocycles. The maximum atomic E-state index is 14.3. The largest absolute Gasteiger partial charge is 0.469 e. The summed E-state index contributed by atoms with van der Waals surface area (Å²) < 4.78 is 24.1. The van der Waals surface area contributed by atoms with E-state index in [1.54, 1.807) is 20.9 Å². The number of aliphatic hydroxyl groups is 1. The van der Waals surface area contributed by atoms with Gasteiger partial charge in [0.1, 0.15) is 35.6 Å². The molecule has 0 saturated heterocycles. The molecule has 7 rings (SSSR count). The van der Waals surface area contributed by atoms with Crippen molar-refractivity contribution in [2.75, 3.05) is 19.5 Å². The van der Waals surface area contributed by atoms with Crippen LogP contribution in [0.2, 0.25) is 0 Å². The first kappa shape index (κ1) is 31.4. The predicted molar refractivity (Wildman–Crippen MR) is 171 cm³/mol. The van der Waals surface area contributed by atoms with Gasteiger partial charge in [0.2, 0.25) is 23.6 Å². The fourth-order valence-electron chi connectivity index (χ4n) is 7.09. The molecule has 48 heavy (non-hydrogen) atoms. The molecule has 0 saturated carbocycles. The highest BCUT2D eigenvalue weighted by Gasteiger charge is 2.61. The zero-order valence-corrected chi connectivity index (χ0v) is 27.4. The number of ether oxygens (including phenoxy) is 2. The smallest absolute Gasteiger partial charge is 0.360 e. The molecule has 2 unspecified atom stereocenters. The van der Waals surface area contributed by atoms with Crippen molar-refractivity contribution >= 4 is 23.5 Å². The third kappa shape index (κ3) is 4.67. The number of methoxy groups -OCH3 is 1. The van der Waals surface area contributed by atoms with Crippen molar-refractivity contribution in [3.63, 3.8) is 0 Å². The minimum Gasteiger partial charge on any atom is -0.469 e. The van der Waals surface area contributed by atoms with Gasteiger partial charge < -0.3 is 38.9 Å². The van der Waals surface area contributed by atoms with Crippen molar-refractivity contribution in [1.82, 2.24) is 20.2 Å². The van der Waals surface area contributed by atoms with Crippen LogP contribution in [-0.2, 0) is 26.2 Å². The van der Waals surface area contributed by atoms with Crippen LogP contribution in [0.3, 0.4) is 0 Å². The van der Waals surface area contributed by atoms with Crippen LogP contribution in [0, 0.1) is 11.8 Å². The SMILES string of the molecule is COC(=O)c1coc(-c2nc3oc2[C@@]24c5ccccc5NC2Oc2ccc(cc24)C[C@H](NC(=O)[C@@H](O)C(C)C)C(=O)N(C)C3C(C)C)n1. The highest BCUT2D eigenvalue weighted by atomic mass is 16.5. The summed E-state index contributed by atoms with van der Waals surface area (Å²) in [4.78, 5) is 50.8. The lowest BCUT2D eigenvalue weighted by atomic mass is 9.72. The molecule has 0 radical (unpaired) electrons. The molecule has 2 amide bonds. The van der Waals surface area contributed by atoms with E-state index in [4.69, 9.17) is 23.3 Å². The average molecular weight is 656 g/mol. The monoisotopic (exact) mass is 655 g/mol. The Balaban J connectivity index is 1.50. The Morgan fingerprint density at radius 2 is 1.90 bits per heavy atom. The number of rotatable bonds is 6. The van der Waals surface area contributed by atoms with E-state index in [-0.39, 0.29) is 47.3 Å². The van der Waals surface area contributed by atoms with Gasteiger partial charge in [-0.1, -0.05) is 58.0 Å². The highest BCUT2D eigenvalue weighted by Crippen LogP contribution is 2.59. The number of carbonyl (C=O) groups is 3. The number of aliphatic hydroxyl groups excluding tert-OH is 1. The lowest BCUT2D eigenvalue weighted by molar-refractivity contribution is -0.141. The summed E-state index contributed by atoms with van der Waals surface area (Å²) >= 11 is 0. The number of fused-ring (bicyclic) bond motifs is 4. The molecular weight excluding hydrogens is 618 g/mol. The number of aromatic nitrogens is 2. The molecule has 250 valence electrons. The van der Waals surface area contributed by atoms with Crippen LogP contribution < -0.4 is 15.4 Å². The number of nitrogens with one attached hydrogen (secondary N) is 2. The number of hydrogen-bond donors (Lipinski definition) is 3. The quantitative estimate of drug-likeness (QED) is 0.258. The minimum absolute atomic E-state index is 0.0293. The normalized spacial score (nSPS) is 23.1. The topological polar surface area (TPSA) is 169 Å². The van der Waals surface area contributed by atoms with Gasteiger partial charge in [0, 0.05) is 24.7 Å². The number of oxazole rings is 2. The number of amides is 2. The second kappa shape index (κ2) is 11.5. The average Bonchev–Trinajstić information content (AvgIpc) is 3.84. The third-order valence-corrected chi connectivity index (χ3v) is 9.45. The van der Waals surface area contributed by atoms with E-state index < -0.39 is 41.7 Å². The molecule has 2 aromatic carbocycles. The van der Waals surface area contributed by atoms with Gasteiger partial charge in [0.15, 0.2) is 23.4 Å². The molecule has 0 fully saturated rings. The Morgan fingerprint density at radius 1 is 1.12 bits per heavy atom. The third-order valence-electron chi connectivity index (χ3n) is 9.45. The van der Waals surface area contributed by atoms with Crippen LogP contribution in [0.1, 0.15) is 72.6 Å². The molecular formula is C35H37N5O8. The molecule has 3 aliphatic rings. The maximum absolute atomic E-state index is 14.3. The standard InChI is InChI=1S/C35H37N5O8/c1-16(2)26-31-39-25(30-37-23(15-46-30)33(44)45-6)28(48-31)35-19-9-7-8-10-21(19)38-34(35)47-24-12-11-18(13-20(24)35)14-22(32(43)40(26)5)36-29(42)27(41)17(3)4/h7-13,15-17,22,26-27,34,38,41H,14H2,1-6H3,(H,36,42)/t22-,26?,27-,34?,35-/m0/s1. The Labute approximate surface area is 276 Å². The molecule has 2 aromatic heterocycles. The molecule has 0 aliphatic carbocycles. The number of likely N-dealkylation sites (N-methyl/N-ethyl adjacent to an activating group) is 1. The van der Waals surface area contributed by atoms with E-state index >= 15 is 0 Å². The molecule has 3 aliphatic heterocycles. The van der Waals surface area contributed by atoms with Crippen molar-refractivity contribution in [1.29, 1.82) is 0 Å². The van der Waals surface area contributed by atoms with Crippen LogP contribution in [-0.4, -0.2) is 70.3 Å². The molecule has 1 spiro atoms. The van der Waals surface area contributed by atoms with Crippen molar-refractivity contribution in [2.45, 2.75) is 63.9 Å². The van der Waals surface area contributed by atoms with Gasteiger partial charge in [-0.05, 0) is 35.1 Å². The van der Waals surface area contributed by atoms with Crippen LogP contribution in [0.5, 0.6) is 5.75 Å². The lowest BCUT2D eigenvalue weighted by Gasteiger charge is -2.33. The Morgan fingerprint density at radius 3 is 2.62 bits per heavy atom. The second-order valence-corrected chi connectivity index (χ2v) is 13.2. The number of para-hydroxylation sites is 1. The Hall–Kier alpha value is -5.17. The van der Waals surface area contributed by atoms with Gasteiger partial charge >= 0.3 is 5.97 Å². The van der Waals surface area contributed by atoms with Crippen molar-refractivity contribution < 1.29 is 37.8 Å². The highest BCUT2D eigenvalue weighted by molar-refractivity contribution is 5.90. The fraction of sp³-hybridized carbons (Fsp3) is 0.400. The number of nitrogens with zero attached hydrogens (tertiary/aromatic N) is 3. The zero-order chi connectivity index (χ0) is 34.1. The summed E-state index contributed by atoms with van der Waals surface area (Å²) in [5.41, 5.74) is 2.29. The van der Waals surface area contributed by atoms with Gasteiger partial charge in [0.25, 0.3) is 0 Å². The second-order valence-electron chi connectivity index (χ2n) is 13.2. The zero-order valence-electron chi connectivity index (χ0n) is 27.4. The van der Waals surface area contributed by atoms with E-state index in [0.717, 1.165) is 22.4 Å². The van der Waals surface area contributed by atoms with E-state index in [9.17, 15) is 19.5 Å². The predicted octanol–water partition coefficient (Wildman–Crippen LogP) is 3.81. The number of anilines is 1. The lowest BCUT2D eigenvalue weighted by Crippen LogP contribution is -2.53. The minimum atomic E-state index is -1.29. The van der Waals surface area contributed by atoms with Gasteiger partial charge in [0.05, 0.1) is 7.11 Å². The molecule has 5 atom stereocenters. The number of hydrogen-bond acceptors (Lipinski definition) is 11. The van der Waals surface area contributed by atoms with Crippen molar-refractivity contribution in [3.05, 3.63) is 82.8 Å². The van der Waals surface area contributed by atoms with Crippen LogP contribution in [0.25, 0.3) is 11.6 Å². The van der Waals surface area contributed by atoms with Crippen molar-refractivity contribution in [3.8, 4) is 17.3 Å². The van der Waals surface area contributed by atoms with E-state index in [2.05, 4.69) is 15.6 Å². The van der Waals surface area contributed by atoms with E-state index in [0.29, 0.717) is 11.5 Å². The fourth-order valence-corrected chi connectivity index (χ4v) is 7.09. The van der Waals surface area contributed by atoms with E-state index in [1.807, 2.05) is 56.3 Å². The summed E-state index contributed by atoms with van der Waals surface area (Å²) in [6.07, 6.45) is -0.604. The molecule has 13 nitrogen and oxygen atoms in total. The number of benzene rings is 2. The molecule has 13 heteroatoms. The first-order valence-corrected chi connectivity index (χ1v) is 15.9. The molecule has 4 bridgehead atoms. The Kier molecular flexibility index (Phi) is 7.54. The maximum Gasteiger partial charge on any atom is 0.360 e. The van der Waals surface area contributed by atoms with Gasteiger partial charge in [-0.15, -0.1) is 0 Å². The van der Waals surface area contributed by atoms with Gasteiger partial charge in [-0.25, -0.2) is 14.8 Å². The van der Waals surface area contributed by atoms with Gasteiger partial charge in [-0.2, -0.15) is 0 Å². The van der Waals surface area contributed by atoms with Crippen molar-refractivity contribution in [2.24, 2.45) is 11.8 Å². The summed E-state index contributed by atoms with van der Waals surface area (Å²) in [7, 11) is 2.90. The summed E-state index contributed by atoms with van der Waals surface area (Å²) in [6.45, 7) is 7.34. The van der Waals surface area contributed by atoms with Gasteiger partial charge in [-0.3, -0.25) is 9.59 Å². The summed E-state index contributed by atoms with van der Waals surface area (Å²) in [5.74, 6) is -1.06. The van der Waals surface area contributed by atoms with Crippen LogP contribution in [0.15, 0.2) is 57.6 Å². The summed E-state index contributed by atoms with van der Waals surface area (Å²) in [6, 6.07) is 11.7. The molecule has 3 N–H and O–H groups in total. The Bertz CT molecular complexity index is 1930. The first-order valence-electron chi connectivity index (χ1n) is 15.9. The molecule has 4 aromatic rings. The van der Waals surface area contributed by atoms with Crippen LogP contribution in [0.4, 0.5) is 5.69 Å². The number of carbonyl (C=O) groups excluding carboxylic acids is 3. The van der Waals surface area contributed by atoms with Crippen LogP contribution >= 0.6 is 0 Å².